The molecular formula is C31H34BrN5O2. The Balaban J connectivity index is 1.34. The first-order valence-electron chi connectivity index (χ1n) is 13.7. The van der Waals surface area contributed by atoms with Gasteiger partial charge in [0.15, 0.2) is 0 Å². The third-order valence-corrected chi connectivity index (χ3v) is 8.65. The van der Waals surface area contributed by atoms with Crippen molar-refractivity contribution in [2.75, 3.05) is 58.2 Å². The van der Waals surface area contributed by atoms with Crippen molar-refractivity contribution in [3.05, 3.63) is 75.5 Å². The van der Waals surface area contributed by atoms with E-state index in [0.717, 1.165) is 89.5 Å². The molecule has 3 aliphatic rings. The first-order chi connectivity index (χ1) is 18.9. The predicted molar refractivity (Wildman–Crippen MR) is 160 cm³/mol. The van der Waals surface area contributed by atoms with E-state index < -0.39 is 0 Å². The van der Waals surface area contributed by atoms with E-state index in [4.69, 9.17) is 0 Å². The molecule has 7 nitrogen and oxygen atoms in total. The van der Waals surface area contributed by atoms with Gasteiger partial charge >= 0.3 is 0 Å². The van der Waals surface area contributed by atoms with Crippen molar-refractivity contribution < 1.29 is 9.59 Å². The van der Waals surface area contributed by atoms with Crippen LogP contribution in [0.5, 0.6) is 0 Å². The quantitative estimate of drug-likeness (QED) is 0.392. The first kappa shape index (κ1) is 26.0. The van der Waals surface area contributed by atoms with E-state index in [9.17, 15) is 9.59 Å². The number of benzene rings is 2. The number of halogens is 1. The van der Waals surface area contributed by atoms with Crippen LogP contribution in [-0.2, 0) is 4.79 Å². The molecule has 0 spiro atoms. The van der Waals surface area contributed by atoms with E-state index in [1.54, 1.807) is 0 Å². The number of carbonyl (C=O) groups excluding carboxylic acids is 2. The highest BCUT2D eigenvalue weighted by Crippen LogP contribution is 2.41. The number of aromatic amines is 1. The van der Waals surface area contributed by atoms with Crippen LogP contribution in [0.1, 0.15) is 46.6 Å². The number of H-pyrrole nitrogens is 1. The number of hydrogen-bond donors (Lipinski definition) is 2. The Labute approximate surface area is 238 Å². The molecule has 1 aromatic heterocycles. The van der Waals surface area contributed by atoms with Gasteiger partial charge in [0, 0.05) is 77.9 Å². The van der Waals surface area contributed by atoms with E-state index in [-0.39, 0.29) is 17.7 Å². The lowest BCUT2D eigenvalue weighted by Crippen LogP contribution is -2.46. The van der Waals surface area contributed by atoms with Crippen molar-refractivity contribution in [1.29, 1.82) is 0 Å². The summed E-state index contributed by atoms with van der Waals surface area (Å²) < 4.78 is 0.911. The third-order valence-electron chi connectivity index (χ3n) is 8.16. The van der Waals surface area contributed by atoms with Crippen LogP contribution in [-0.4, -0.2) is 84.4 Å². The number of nitrogens with one attached hydrogen (secondary N) is 2. The molecule has 202 valence electrons. The molecule has 2 aromatic carbocycles. The molecule has 1 fully saturated rings. The zero-order chi connectivity index (χ0) is 27.1. The summed E-state index contributed by atoms with van der Waals surface area (Å²) in [7, 11) is 2.17. The second kappa shape index (κ2) is 10.8. The molecule has 3 aromatic rings. The summed E-state index contributed by atoms with van der Waals surface area (Å²) in [5.74, 6) is 0.0922. The summed E-state index contributed by atoms with van der Waals surface area (Å²) in [6.45, 7) is 9.01. The van der Waals surface area contributed by atoms with E-state index in [0.29, 0.717) is 12.1 Å². The molecule has 0 aliphatic carbocycles. The number of hydrogen-bond acceptors (Lipinski definition) is 4. The van der Waals surface area contributed by atoms with Crippen molar-refractivity contribution in [3.8, 4) is 11.1 Å². The smallest absolute Gasteiger partial charge is 0.256 e. The van der Waals surface area contributed by atoms with Gasteiger partial charge in [0.2, 0.25) is 0 Å². The van der Waals surface area contributed by atoms with Crippen molar-refractivity contribution in [2.24, 2.45) is 0 Å². The Kier molecular flexibility index (Phi) is 7.18. The van der Waals surface area contributed by atoms with Crippen LogP contribution >= 0.6 is 15.9 Å². The van der Waals surface area contributed by atoms with E-state index in [2.05, 4.69) is 50.0 Å². The second-order valence-corrected chi connectivity index (χ2v) is 11.8. The lowest BCUT2D eigenvalue weighted by atomic mass is 9.91. The normalized spacial score (nSPS) is 20.8. The van der Waals surface area contributed by atoms with E-state index >= 15 is 0 Å². The number of anilines is 1. The summed E-state index contributed by atoms with van der Waals surface area (Å²) >= 11 is 3.54. The summed E-state index contributed by atoms with van der Waals surface area (Å²) in [5.41, 5.74) is 6.56. The number of fused-ring (bicyclic) bond motifs is 2. The fourth-order valence-electron chi connectivity index (χ4n) is 6.00. The standard InChI is InChI=1S/C31H34BrN5O2/c1-20-19-37(12-6-11-36-15-13-35(2)14-16-36)31(39)28-27(21-7-4-3-5-8-21)26(33-29(20)28)18-24-23-17-22(32)9-10-25(23)34-30(24)38/h3-5,7-10,17-18,20,33H,6,11-16,19H2,1-2H3,(H,34,38)/b24-18-. The maximum Gasteiger partial charge on any atom is 0.256 e. The van der Waals surface area contributed by atoms with Crippen LogP contribution < -0.4 is 5.32 Å². The van der Waals surface area contributed by atoms with Crippen molar-refractivity contribution in [2.45, 2.75) is 19.3 Å². The molecule has 3 aliphatic heterocycles. The van der Waals surface area contributed by atoms with Crippen molar-refractivity contribution >= 4 is 45.1 Å². The molecular weight excluding hydrogens is 554 g/mol. The minimum Gasteiger partial charge on any atom is -0.357 e. The van der Waals surface area contributed by atoms with Crippen LogP contribution in [0.25, 0.3) is 22.8 Å². The minimum absolute atomic E-state index is 0.0697. The molecule has 2 amide bonds. The third kappa shape index (κ3) is 5.09. The number of amides is 2. The molecule has 4 heterocycles. The van der Waals surface area contributed by atoms with Crippen LogP contribution in [0.3, 0.4) is 0 Å². The summed E-state index contributed by atoms with van der Waals surface area (Å²) in [6.07, 6.45) is 2.87. The summed E-state index contributed by atoms with van der Waals surface area (Å²) in [6, 6.07) is 15.8. The number of aromatic nitrogens is 1. The molecule has 1 saturated heterocycles. The van der Waals surface area contributed by atoms with Gasteiger partial charge in [-0.2, -0.15) is 0 Å². The molecule has 1 unspecified atom stereocenters. The average Bonchev–Trinajstić information content (AvgIpc) is 3.46. The first-order valence-corrected chi connectivity index (χ1v) is 14.5. The average molecular weight is 589 g/mol. The Hall–Kier alpha value is -3.20. The van der Waals surface area contributed by atoms with E-state index in [1.807, 2.05) is 59.5 Å². The number of nitrogens with zero attached hydrogens (tertiary/aromatic N) is 3. The van der Waals surface area contributed by atoms with Crippen LogP contribution in [0.4, 0.5) is 5.69 Å². The Bertz CT molecular complexity index is 1440. The monoisotopic (exact) mass is 587 g/mol. The van der Waals surface area contributed by atoms with Gasteiger partial charge in [-0.3, -0.25) is 9.59 Å². The van der Waals surface area contributed by atoms with Crippen LogP contribution in [0.2, 0.25) is 0 Å². The molecule has 39 heavy (non-hydrogen) atoms. The van der Waals surface area contributed by atoms with E-state index in [1.165, 1.54) is 0 Å². The SMILES string of the molecule is CC1CN(CCCN2CCN(C)CC2)C(=O)c2c1[nH]c(/C=C1\C(=O)Nc3ccc(Br)cc31)c2-c1ccccc1. The largest absolute Gasteiger partial charge is 0.357 e. The minimum atomic E-state index is -0.139. The highest BCUT2D eigenvalue weighted by atomic mass is 79.9. The molecule has 2 N–H and O–H groups in total. The summed E-state index contributed by atoms with van der Waals surface area (Å²) in [5, 5.41) is 2.97. The zero-order valence-corrected chi connectivity index (χ0v) is 24.1. The topological polar surface area (TPSA) is 71.7 Å². The number of rotatable bonds is 6. The van der Waals surface area contributed by atoms with Gasteiger partial charge in [0.1, 0.15) is 0 Å². The Morgan fingerprint density at radius 2 is 1.77 bits per heavy atom. The molecule has 8 heteroatoms. The van der Waals surface area contributed by atoms with Crippen molar-refractivity contribution in [1.82, 2.24) is 19.7 Å². The van der Waals surface area contributed by atoms with Gasteiger partial charge in [-0.15, -0.1) is 0 Å². The Morgan fingerprint density at radius 3 is 2.54 bits per heavy atom. The summed E-state index contributed by atoms with van der Waals surface area (Å²) in [4.78, 5) is 37.5. The molecule has 1 atom stereocenters. The number of likely N-dealkylation sites (N-methyl/N-ethyl adjacent to an activating group) is 1. The van der Waals surface area contributed by atoms with Crippen molar-refractivity contribution in [3.63, 3.8) is 0 Å². The fraction of sp³-hybridized carbons (Fsp3) is 0.355. The van der Waals surface area contributed by atoms with Gasteiger partial charge in [0.25, 0.3) is 11.8 Å². The molecule has 0 saturated carbocycles. The maximum atomic E-state index is 14.0. The van der Waals surface area contributed by atoms with Gasteiger partial charge < -0.3 is 25.0 Å². The zero-order valence-electron chi connectivity index (χ0n) is 22.5. The molecule has 0 radical (unpaired) electrons. The molecule has 0 bridgehead atoms. The van der Waals surface area contributed by atoms with Gasteiger partial charge in [-0.05, 0) is 49.9 Å². The lowest BCUT2D eigenvalue weighted by molar-refractivity contribution is -0.110. The highest BCUT2D eigenvalue weighted by molar-refractivity contribution is 9.10. The molecule has 6 rings (SSSR count). The maximum absolute atomic E-state index is 14.0. The number of piperazine rings is 1. The fourth-order valence-corrected chi connectivity index (χ4v) is 6.37. The van der Waals surface area contributed by atoms with Crippen LogP contribution in [0, 0.1) is 0 Å². The van der Waals surface area contributed by atoms with Gasteiger partial charge in [0.05, 0.1) is 11.1 Å². The van der Waals surface area contributed by atoms with Gasteiger partial charge in [-0.1, -0.05) is 53.2 Å². The Morgan fingerprint density at radius 1 is 1.00 bits per heavy atom. The lowest BCUT2D eigenvalue weighted by Gasteiger charge is -2.34. The number of carbonyl (C=O) groups is 2. The second-order valence-electron chi connectivity index (χ2n) is 10.9. The highest BCUT2D eigenvalue weighted by Gasteiger charge is 2.35. The van der Waals surface area contributed by atoms with Gasteiger partial charge in [-0.25, -0.2) is 0 Å². The van der Waals surface area contributed by atoms with Crippen LogP contribution in [0.15, 0.2) is 53.0 Å². The predicted octanol–water partition coefficient (Wildman–Crippen LogP) is 5.13.